The number of hydrogen-bond acceptors (Lipinski definition) is 6. The van der Waals surface area contributed by atoms with Gasteiger partial charge in [-0.2, -0.15) is 9.97 Å². The Kier molecular flexibility index (Phi) is 6.63. The van der Waals surface area contributed by atoms with Crippen LogP contribution in [0.25, 0.3) is 0 Å². The molecule has 154 valence electrons. The molecule has 0 atom stereocenters. The zero-order valence-electron chi connectivity index (χ0n) is 16.2. The first-order chi connectivity index (χ1) is 14.2. The maximum absolute atomic E-state index is 6.22. The van der Waals surface area contributed by atoms with E-state index in [9.17, 15) is 0 Å². The number of aromatic nitrogens is 2. The molecule has 2 N–H and O–H groups in total. The van der Waals surface area contributed by atoms with Crippen molar-refractivity contribution in [2.24, 2.45) is 0 Å². The van der Waals surface area contributed by atoms with Crippen molar-refractivity contribution in [3.63, 3.8) is 0 Å². The van der Waals surface area contributed by atoms with Crippen LogP contribution in [0.1, 0.15) is 18.4 Å². The van der Waals surface area contributed by atoms with Crippen molar-refractivity contribution in [1.82, 2.24) is 15.3 Å². The zero-order chi connectivity index (χ0) is 20.1. The largest absolute Gasteiger partial charge is 0.378 e. The first-order valence-electron chi connectivity index (χ1n) is 9.94. The molecule has 4 rings (SSSR count). The van der Waals surface area contributed by atoms with Crippen molar-refractivity contribution in [2.45, 2.75) is 19.4 Å². The lowest BCUT2D eigenvalue weighted by atomic mass is 10.2. The first kappa shape index (κ1) is 20.1. The van der Waals surface area contributed by atoms with Crippen LogP contribution in [0.5, 0.6) is 0 Å². The number of thiocarbonyl (C=S) groups is 1. The van der Waals surface area contributed by atoms with E-state index in [-0.39, 0.29) is 0 Å². The van der Waals surface area contributed by atoms with E-state index in [1.165, 1.54) is 12.8 Å². The van der Waals surface area contributed by atoms with Crippen molar-refractivity contribution in [3.8, 4) is 0 Å². The topological polar surface area (TPSA) is 65.6 Å². The maximum atomic E-state index is 6.22. The molecule has 3 heterocycles. The Bertz CT molecular complexity index is 855. The summed E-state index contributed by atoms with van der Waals surface area (Å²) in [6, 6.07) is 9.77. The summed E-state index contributed by atoms with van der Waals surface area (Å²) in [5, 5.41) is 7.51. The molecule has 2 aliphatic rings. The fourth-order valence-electron chi connectivity index (χ4n) is 3.50. The molecule has 0 amide bonds. The molecule has 2 fully saturated rings. The van der Waals surface area contributed by atoms with E-state index in [1.807, 2.05) is 24.3 Å². The quantitative estimate of drug-likeness (QED) is 0.699. The predicted molar refractivity (Wildman–Crippen MR) is 121 cm³/mol. The summed E-state index contributed by atoms with van der Waals surface area (Å²) >= 11 is 11.7. The zero-order valence-corrected chi connectivity index (χ0v) is 17.8. The standard InChI is InChI=1S/C20H25ClN6OS/c21-16-6-2-1-5-15(16)14-22-20(29)25-19-23-17(26-7-3-4-8-26)13-18(24-19)27-9-11-28-12-10-27/h1-2,5-6,13H,3-4,7-12,14H2,(H2,22,23,24,25,29). The Morgan fingerprint density at radius 3 is 2.38 bits per heavy atom. The Labute approximate surface area is 181 Å². The molecule has 2 aromatic rings. The van der Waals surface area contributed by atoms with Gasteiger partial charge < -0.3 is 25.2 Å². The molecule has 0 spiro atoms. The molecule has 0 saturated carbocycles. The molecule has 1 aromatic carbocycles. The van der Waals surface area contributed by atoms with Gasteiger partial charge in [0.1, 0.15) is 11.6 Å². The van der Waals surface area contributed by atoms with E-state index in [0.717, 1.165) is 43.4 Å². The van der Waals surface area contributed by atoms with Gasteiger partial charge in [0.2, 0.25) is 5.95 Å². The number of anilines is 3. The second-order valence-corrected chi connectivity index (χ2v) is 7.92. The summed E-state index contributed by atoms with van der Waals surface area (Å²) in [4.78, 5) is 14.0. The van der Waals surface area contributed by atoms with Gasteiger partial charge in [-0.3, -0.25) is 0 Å². The number of morpholine rings is 1. The Balaban J connectivity index is 1.48. The fraction of sp³-hybridized carbons (Fsp3) is 0.450. The molecule has 2 saturated heterocycles. The third kappa shape index (κ3) is 5.26. The van der Waals surface area contributed by atoms with Crippen LogP contribution in [0.2, 0.25) is 5.02 Å². The van der Waals surface area contributed by atoms with Crippen molar-refractivity contribution in [2.75, 3.05) is 54.5 Å². The normalized spacial score (nSPS) is 16.7. The minimum atomic E-state index is 0.469. The molecule has 1 aromatic heterocycles. The molecule has 2 aliphatic heterocycles. The van der Waals surface area contributed by atoms with E-state index in [1.54, 1.807) is 0 Å². The van der Waals surface area contributed by atoms with Gasteiger partial charge in [0, 0.05) is 43.8 Å². The highest BCUT2D eigenvalue weighted by molar-refractivity contribution is 7.80. The van der Waals surface area contributed by atoms with Crippen LogP contribution in [0.15, 0.2) is 30.3 Å². The van der Waals surface area contributed by atoms with Gasteiger partial charge in [-0.1, -0.05) is 29.8 Å². The molecule has 0 radical (unpaired) electrons. The minimum Gasteiger partial charge on any atom is -0.378 e. The Hall–Kier alpha value is -2.16. The molecule has 7 nitrogen and oxygen atoms in total. The summed E-state index contributed by atoms with van der Waals surface area (Å²) in [5.41, 5.74) is 0.985. The van der Waals surface area contributed by atoms with Gasteiger partial charge in [-0.25, -0.2) is 0 Å². The molecular weight excluding hydrogens is 408 g/mol. The van der Waals surface area contributed by atoms with Crippen LogP contribution in [-0.2, 0) is 11.3 Å². The minimum absolute atomic E-state index is 0.469. The number of hydrogen-bond donors (Lipinski definition) is 2. The molecule has 0 unspecified atom stereocenters. The van der Waals surface area contributed by atoms with Crippen LogP contribution in [0, 0.1) is 0 Å². The molecule has 0 bridgehead atoms. The highest BCUT2D eigenvalue weighted by Crippen LogP contribution is 2.25. The first-order valence-corrected chi connectivity index (χ1v) is 10.7. The van der Waals surface area contributed by atoms with Gasteiger partial charge in [-0.05, 0) is 36.7 Å². The SMILES string of the molecule is S=C(NCc1ccccc1Cl)Nc1nc(N2CCCC2)cc(N2CCOCC2)n1. The predicted octanol–water partition coefficient (Wildman–Crippen LogP) is 3.05. The van der Waals surface area contributed by atoms with Crippen LogP contribution >= 0.6 is 23.8 Å². The van der Waals surface area contributed by atoms with Crippen molar-refractivity contribution in [3.05, 3.63) is 40.9 Å². The lowest BCUT2D eigenvalue weighted by Crippen LogP contribution is -2.37. The van der Waals surface area contributed by atoms with Gasteiger partial charge in [0.05, 0.1) is 13.2 Å². The lowest BCUT2D eigenvalue weighted by molar-refractivity contribution is 0.122. The van der Waals surface area contributed by atoms with Gasteiger partial charge in [0.15, 0.2) is 5.11 Å². The highest BCUT2D eigenvalue weighted by atomic mass is 35.5. The van der Waals surface area contributed by atoms with Gasteiger partial charge >= 0.3 is 0 Å². The average Bonchev–Trinajstić information content (AvgIpc) is 3.29. The smallest absolute Gasteiger partial charge is 0.232 e. The molecule has 29 heavy (non-hydrogen) atoms. The van der Waals surface area contributed by atoms with Crippen LogP contribution in [-0.4, -0.2) is 54.5 Å². The molecular formula is C20H25ClN6OS. The summed E-state index contributed by atoms with van der Waals surface area (Å²) in [6.45, 7) is 5.65. The highest BCUT2D eigenvalue weighted by Gasteiger charge is 2.20. The molecule has 9 heteroatoms. The number of nitrogens with one attached hydrogen (secondary N) is 2. The number of ether oxygens (including phenoxy) is 1. The van der Waals surface area contributed by atoms with E-state index < -0.39 is 0 Å². The van der Waals surface area contributed by atoms with E-state index in [2.05, 4.69) is 26.5 Å². The third-order valence-electron chi connectivity index (χ3n) is 5.09. The Morgan fingerprint density at radius 1 is 1.03 bits per heavy atom. The van der Waals surface area contributed by atoms with Crippen LogP contribution < -0.4 is 20.4 Å². The van der Waals surface area contributed by atoms with Crippen molar-refractivity contribution in [1.29, 1.82) is 0 Å². The number of halogens is 1. The second kappa shape index (κ2) is 9.56. The van der Waals surface area contributed by atoms with Crippen LogP contribution in [0.3, 0.4) is 0 Å². The summed E-state index contributed by atoms with van der Waals surface area (Å²) in [6.07, 6.45) is 2.38. The summed E-state index contributed by atoms with van der Waals surface area (Å²) < 4.78 is 5.48. The summed E-state index contributed by atoms with van der Waals surface area (Å²) in [7, 11) is 0. The number of rotatable bonds is 5. The van der Waals surface area contributed by atoms with Gasteiger partial charge in [-0.15, -0.1) is 0 Å². The number of benzene rings is 1. The lowest BCUT2D eigenvalue weighted by Gasteiger charge is -2.29. The third-order valence-corrected chi connectivity index (χ3v) is 5.70. The monoisotopic (exact) mass is 432 g/mol. The second-order valence-electron chi connectivity index (χ2n) is 7.10. The summed E-state index contributed by atoms with van der Waals surface area (Å²) in [5.74, 6) is 2.35. The maximum Gasteiger partial charge on any atom is 0.232 e. The van der Waals surface area contributed by atoms with E-state index in [4.69, 9.17) is 38.5 Å². The average molecular weight is 433 g/mol. The van der Waals surface area contributed by atoms with Gasteiger partial charge in [0.25, 0.3) is 0 Å². The van der Waals surface area contributed by atoms with E-state index in [0.29, 0.717) is 35.8 Å². The fourth-order valence-corrected chi connectivity index (χ4v) is 3.87. The van der Waals surface area contributed by atoms with E-state index >= 15 is 0 Å². The van der Waals surface area contributed by atoms with Crippen molar-refractivity contribution < 1.29 is 4.74 Å². The number of nitrogens with zero attached hydrogens (tertiary/aromatic N) is 4. The van der Waals surface area contributed by atoms with Crippen molar-refractivity contribution >= 4 is 46.5 Å². The van der Waals surface area contributed by atoms with Crippen LogP contribution in [0.4, 0.5) is 17.6 Å². The molecule has 0 aliphatic carbocycles. The Morgan fingerprint density at radius 2 is 1.69 bits per heavy atom.